The summed E-state index contributed by atoms with van der Waals surface area (Å²) in [7, 11) is 0. The maximum atomic E-state index is 13.7. The number of hydrogen-bond donors (Lipinski definition) is 4. The van der Waals surface area contributed by atoms with E-state index in [1.165, 1.54) is 6.07 Å². The molecule has 0 amide bonds. The van der Waals surface area contributed by atoms with Crippen LogP contribution in [0.15, 0.2) is 54.6 Å². The molecule has 3 rings (SSSR count). The fourth-order valence-corrected chi connectivity index (χ4v) is 3.46. The van der Waals surface area contributed by atoms with E-state index in [1.54, 1.807) is 0 Å². The lowest BCUT2D eigenvalue weighted by Crippen LogP contribution is -2.12. The zero-order valence-electron chi connectivity index (χ0n) is 16.8. The molecular formula is C23H13F3O8. The lowest BCUT2D eigenvalue weighted by atomic mass is 9.87. The van der Waals surface area contributed by atoms with Gasteiger partial charge in [0.2, 0.25) is 0 Å². The molecule has 0 aliphatic rings. The Labute approximate surface area is 188 Å². The van der Waals surface area contributed by atoms with Crippen LogP contribution in [0.25, 0.3) is 22.3 Å². The fourth-order valence-electron chi connectivity index (χ4n) is 3.46. The van der Waals surface area contributed by atoms with Crippen molar-refractivity contribution in [2.45, 2.75) is 6.18 Å². The summed E-state index contributed by atoms with van der Waals surface area (Å²) in [5.74, 6) is -6.60. The summed E-state index contributed by atoms with van der Waals surface area (Å²) in [6.07, 6.45) is -4.86. The highest BCUT2D eigenvalue weighted by Crippen LogP contribution is 2.42. The van der Waals surface area contributed by atoms with E-state index in [-0.39, 0.29) is 16.7 Å². The average Bonchev–Trinajstić information content (AvgIpc) is 2.76. The number of carboxylic acids is 4. The molecule has 11 heteroatoms. The highest BCUT2D eigenvalue weighted by Gasteiger charge is 2.34. The van der Waals surface area contributed by atoms with Gasteiger partial charge in [-0.05, 0) is 52.6 Å². The molecule has 34 heavy (non-hydrogen) atoms. The number of carbonyl (C=O) groups is 4. The van der Waals surface area contributed by atoms with E-state index < -0.39 is 63.4 Å². The minimum absolute atomic E-state index is 0.131. The number of carboxylic acid groups (broad SMARTS) is 4. The molecule has 0 aliphatic heterocycles. The second-order valence-corrected chi connectivity index (χ2v) is 6.97. The smallest absolute Gasteiger partial charge is 0.417 e. The van der Waals surface area contributed by atoms with Crippen LogP contribution in [0.2, 0.25) is 0 Å². The summed E-state index contributed by atoms with van der Waals surface area (Å²) in [5.41, 5.74) is -5.17. The van der Waals surface area contributed by atoms with Gasteiger partial charge in [0, 0.05) is 0 Å². The lowest BCUT2D eigenvalue weighted by Gasteiger charge is -2.18. The Bertz CT molecular complexity index is 1360. The summed E-state index contributed by atoms with van der Waals surface area (Å²) in [5, 5.41) is 37.6. The van der Waals surface area contributed by atoms with Crippen LogP contribution in [-0.2, 0) is 6.18 Å². The van der Waals surface area contributed by atoms with E-state index >= 15 is 0 Å². The molecular weight excluding hydrogens is 461 g/mol. The van der Waals surface area contributed by atoms with Crippen LogP contribution in [0.5, 0.6) is 0 Å². The molecule has 0 saturated carbocycles. The van der Waals surface area contributed by atoms with E-state index in [1.807, 2.05) is 0 Å². The van der Waals surface area contributed by atoms with Crippen LogP contribution in [0.3, 0.4) is 0 Å². The van der Waals surface area contributed by atoms with E-state index in [0.29, 0.717) is 0 Å². The number of aromatic carboxylic acids is 4. The standard InChI is InChI=1S/C23H13F3O8/c24-23(25,26)18-4-2-1-3-11(18)14-9-17(22(33)34)16(21(31)32)8-13(14)10-5-6-12(19(27)28)15(7-10)20(29)30/h1-9H,(H,27,28)(H,29,30)(H,31,32)(H,33,34). The van der Waals surface area contributed by atoms with Gasteiger partial charge in [0.15, 0.2) is 0 Å². The van der Waals surface area contributed by atoms with Crippen molar-refractivity contribution in [2.75, 3.05) is 0 Å². The van der Waals surface area contributed by atoms with Gasteiger partial charge in [-0.3, -0.25) is 0 Å². The van der Waals surface area contributed by atoms with Crippen LogP contribution in [0, 0.1) is 0 Å². The summed E-state index contributed by atoms with van der Waals surface area (Å²) in [6, 6.07) is 8.62. The van der Waals surface area contributed by atoms with Gasteiger partial charge in [-0.2, -0.15) is 13.2 Å². The zero-order chi connectivity index (χ0) is 25.4. The Balaban J connectivity index is 2.48. The first-order chi connectivity index (χ1) is 15.8. The van der Waals surface area contributed by atoms with Crippen LogP contribution in [-0.4, -0.2) is 44.3 Å². The largest absolute Gasteiger partial charge is 0.478 e. The first-order valence-electron chi connectivity index (χ1n) is 9.25. The molecule has 0 radical (unpaired) electrons. The van der Waals surface area contributed by atoms with Crippen LogP contribution < -0.4 is 0 Å². The fraction of sp³-hybridized carbons (Fsp3) is 0.0435. The minimum atomic E-state index is -4.86. The van der Waals surface area contributed by atoms with E-state index in [4.69, 9.17) is 0 Å². The summed E-state index contributed by atoms with van der Waals surface area (Å²) in [4.78, 5) is 46.3. The number of rotatable bonds is 6. The number of benzene rings is 3. The van der Waals surface area contributed by atoms with Crippen molar-refractivity contribution in [1.82, 2.24) is 0 Å². The van der Waals surface area contributed by atoms with E-state index in [9.17, 15) is 52.8 Å². The molecule has 0 saturated heterocycles. The topological polar surface area (TPSA) is 149 Å². The summed E-state index contributed by atoms with van der Waals surface area (Å²) >= 11 is 0. The Morgan fingerprint density at radius 2 is 1.03 bits per heavy atom. The average molecular weight is 474 g/mol. The Hall–Kier alpha value is -4.67. The van der Waals surface area contributed by atoms with Crippen molar-refractivity contribution in [3.63, 3.8) is 0 Å². The van der Waals surface area contributed by atoms with Gasteiger partial charge in [0.25, 0.3) is 0 Å². The van der Waals surface area contributed by atoms with Gasteiger partial charge in [0.05, 0.1) is 27.8 Å². The normalized spacial score (nSPS) is 11.1. The molecule has 0 unspecified atom stereocenters. The van der Waals surface area contributed by atoms with Crippen molar-refractivity contribution in [3.05, 3.63) is 82.4 Å². The highest BCUT2D eigenvalue weighted by atomic mass is 19.4. The molecule has 174 valence electrons. The third-order valence-corrected chi connectivity index (χ3v) is 4.93. The predicted octanol–water partition coefficient (Wildman–Crippen LogP) is 4.83. The first kappa shape index (κ1) is 24.0. The number of halogens is 3. The van der Waals surface area contributed by atoms with Crippen molar-refractivity contribution >= 4 is 23.9 Å². The third-order valence-electron chi connectivity index (χ3n) is 4.93. The van der Waals surface area contributed by atoms with Crippen molar-refractivity contribution < 1.29 is 52.8 Å². The monoisotopic (exact) mass is 474 g/mol. The first-order valence-corrected chi connectivity index (χ1v) is 9.25. The maximum Gasteiger partial charge on any atom is 0.417 e. The Morgan fingerprint density at radius 1 is 0.559 bits per heavy atom. The molecule has 0 heterocycles. The third kappa shape index (κ3) is 4.44. The summed E-state index contributed by atoms with van der Waals surface area (Å²) in [6.45, 7) is 0. The molecule has 0 spiro atoms. The molecule has 3 aromatic rings. The van der Waals surface area contributed by atoms with Gasteiger partial charge in [0.1, 0.15) is 0 Å². The molecule has 8 nitrogen and oxygen atoms in total. The molecule has 0 fully saturated rings. The van der Waals surface area contributed by atoms with E-state index in [2.05, 4.69) is 0 Å². The van der Waals surface area contributed by atoms with Gasteiger partial charge in [-0.25, -0.2) is 19.2 Å². The lowest BCUT2D eigenvalue weighted by molar-refractivity contribution is -0.137. The van der Waals surface area contributed by atoms with Crippen LogP contribution in [0.1, 0.15) is 47.0 Å². The quantitative estimate of drug-likeness (QED) is 0.397. The van der Waals surface area contributed by atoms with Gasteiger partial charge in [-0.1, -0.05) is 24.3 Å². The van der Waals surface area contributed by atoms with Crippen LogP contribution in [0.4, 0.5) is 13.2 Å². The predicted molar refractivity (Wildman–Crippen MR) is 110 cm³/mol. The molecule has 0 atom stereocenters. The minimum Gasteiger partial charge on any atom is -0.478 e. The van der Waals surface area contributed by atoms with Crippen molar-refractivity contribution in [3.8, 4) is 22.3 Å². The van der Waals surface area contributed by atoms with Gasteiger partial charge in [-0.15, -0.1) is 0 Å². The van der Waals surface area contributed by atoms with Crippen molar-refractivity contribution in [1.29, 1.82) is 0 Å². The molecule has 0 aromatic heterocycles. The molecule has 4 N–H and O–H groups in total. The number of alkyl halides is 3. The van der Waals surface area contributed by atoms with Crippen molar-refractivity contribution in [2.24, 2.45) is 0 Å². The highest BCUT2D eigenvalue weighted by molar-refractivity contribution is 6.07. The maximum absolute atomic E-state index is 13.7. The Kier molecular flexibility index (Phi) is 6.13. The summed E-state index contributed by atoms with van der Waals surface area (Å²) < 4.78 is 41.1. The second-order valence-electron chi connectivity index (χ2n) is 6.97. The zero-order valence-corrected chi connectivity index (χ0v) is 16.8. The van der Waals surface area contributed by atoms with Gasteiger partial charge < -0.3 is 20.4 Å². The molecule has 0 bridgehead atoms. The SMILES string of the molecule is O=C(O)c1ccc(-c2cc(C(=O)O)c(C(=O)O)cc2-c2ccccc2C(F)(F)F)cc1C(=O)O. The Morgan fingerprint density at radius 3 is 1.53 bits per heavy atom. The molecule has 0 aliphatic carbocycles. The second kappa shape index (κ2) is 8.70. The number of hydrogen-bond acceptors (Lipinski definition) is 4. The van der Waals surface area contributed by atoms with E-state index in [0.717, 1.165) is 48.5 Å². The molecule has 3 aromatic carbocycles. The van der Waals surface area contributed by atoms with Crippen LogP contribution >= 0.6 is 0 Å². The van der Waals surface area contributed by atoms with Gasteiger partial charge >= 0.3 is 30.1 Å².